The van der Waals surface area contributed by atoms with Gasteiger partial charge in [0, 0.05) is 25.1 Å². The maximum absolute atomic E-state index is 11.2. The minimum Gasteiger partial charge on any atom is -0.508 e. The Kier molecular flexibility index (Phi) is 10.5. The third kappa shape index (κ3) is 7.13. The molecule has 0 spiro atoms. The Bertz CT molecular complexity index is 601. The highest BCUT2D eigenvalue weighted by Gasteiger charge is 2.18. The molecule has 0 saturated heterocycles. The monoisotopic (exact) mass is 352 g/mol. The molecule has 0 bridgehead atoms. The van der Waals surface area contributed by atoms with Crippen LogP contribution >= 0.6 is 0 Å². The standard InChI is InChI=1S/C9H8O4.C8H16N2O2/c1-13-9-3-7(12)2-6(4-10)8(9)5-11;1-9-8(12)7(10(2)3)5-4-6-11/h2-5,12H,1H3;6-7H,4-5H2,1-3H3,(H,9,12). The number of phenolic OH excluding ortho intramolecular Hbond substituents is 1. The third-order valence-electron chi connectivity index (χ3n) is 3.35. The Balaban J connectivity index is 0.000000463. The minimum atomic E-state index is -0.194. The van der Waals surface area contributed by atoms with Crippen molar-refractivity contribution in [2.45, 2.75) is 18.9 Å². The van der Waals surface area contributed by atoms with E-state index in [4.69, 9.17) is 9.84 Å². The second-order valence-electron chi connectivity index (χ2n) is 5.22. The molecule has 0 saturated carbocycles. The Morgan fingerprint density at radius 1 is 1.28 bits per heavy atom. The Morgan fingerprint density at radius 2 is 1.92 bits per heavy atom. The number of methoxy groups -OCH3 is 1. The molecule has 25 heavy (non-hydrogen) atoms. The van der Waals surface area contributed by atoms with Crippen LogP contribution in [0, 0.1) is 0 Å². The number of carbonyl (C=O) groups is 4. The second-order valence-corrected chi connectivity index (χ2v) is 5.22. The third-order valence-corrected chi connectivity index (χ3v) is 3.35. The van der Waals surface area contributed by atoms with E-state index in [0.717, 1.165) is 6.29 Å². The maximum Gasteiger partial charge on any atom is 0.237 e. The molecule has 8 heteroatoms. The number of nitrogens with zero attached hydrogens (tertiary/aromatic N) is 1. The van der Waals surface area contributed by atoms with Crippen molar-refractivity contribution in [3.05, 3.63) is 23.3 Å². The van der Waals surface area contributed by atoms with Gasteiger partial charge in [0.15, 0.2) is 12.6 Å². The number of amides is 1. The fraction of sp³-hybridized carbons (Fsp3) is 0.412. The van der Waals surface area contributed by atoms with Gasteiger partial charge >= 0.3 is 0 Å². The highest BCUT2D eigenvalue weighted by atomic mass is 16.5. The summed E-state index contributed by atoms with van der Waals surface area (Å²) in [5.41, 5.74) is 0.266. The van der Waals surface area contributed by atoms with Crippen molar-refractivity contribution in [3.63, 3.8) is 0 Å². The van der Waals surface area contributed by atoms with E-state index in [-0.39, 0.29) is 34.6 Å². The summed E-state index contributed by atoms with van der Waals surface area (Å²) in [6, 6.07) is 2.29. The molecule has 1 aromatic carbocycles. The van der Waals surface area contributed by atoms with E-state index < -0.39 is 0 Å². The van der Waals surface area contributed by atoms with Gasteiger partial charge in [-0.3, -0.25) is 19.3 Å². The fourth-order valence-corrected chi connectivity index (χ4v) is 2.04. The summed E-state index contributed by atoms with van der Waals surface area (Å²) in [6.07, 6.45) is 2.85. The molecule has 1 rings (SSSR count). The largest absolute Gasteiger partial charge is 0.508 e. The highest BCUT2D eigenvalue weighted by molar-refractivity contribution is 5.93. The van der Waals surface area contributed by atoms with Crippen molar-refractivity contribution in [1.82, 2.24) is 10.2 Å². The zero-order chi connectivity index (χ0) is 19.4. The molecule has 1 aromatic rings. The predicted octanol–water partition coefficient (Wildman–Crippen LogP) is 0.667. The van der Waals surface area contributed by atoms with E-state index in [1.54, 1.807) is 7.05 Å². The van der Waals surface area contributed by atoms with Gasteiger partial charge in [0.25, 0.3) is 0 Å². The summed E-state index contributed by atoms with van der Waals surface area (Å²) in [4.78, 5) is 44.1. The number of ether oxygens (including phenoxy) is 1. The van der Waals surface area contributed by atoms with Gasteiger partial charge in [-0.15, -0.1) is 0 Å². The molecule has 2 N–H and O–H groups in total. The van der Waals surface area contributed by atoms with Crippen LogP contribution in [-0.2, 0) is 9.59 Å². The molecule has 1 unspecified atom stereocenters. The number of likely N-dealkylation sites (N-methyl/N-ethyl adjacent to an activating group) is 2. The molecule has 8 nitrogen and oxygen atoms in total. The summed E-state index contributed by atoms with van der Waals surface area (Å²) in [5, 5.41) is 11.7. The number of carbonyl (C=O) groups excluding carboxylic acids is 4. The van der Waals surface area contributed by atoms with Gasteiger partial charge in [-0.05, 0) is 26.6 Å². The normalized spacial score (nSPS) is 10.9. The molecule has 0 aliphatic heterocycles. The zero-order valence-corrected chi connectivity index (χ0v) is 14.8. The van der Waals surface area contributed by atoms with Crippen molar-refractivity contribution < 1.29 is 29.0 Å². The number of aldehydes is 3. The first-order chi connectivity index (χ1) is 11.9. The second kappa shape index (κ2) is 11.7. The summed E-state index contributed by atoms with van der Waals surface area (Å²) in [6.45, 7) is 0. The van der Waals surface area contributed by atoms with Crippen LogP contribution in [0.2, 0.25) is 0 Å². The number of phenols is 1. The number of hydrogen-bond acceptors (Lipinski definition) is 7. The molecule has 138 valence electrons. The Hall–Kier alpha value is -2.74. The maximum atomic E-state index is 11.2. The van der Waals surface area contributed by atoms with Gasteiger partial charge in [0.1, 0.15) is 17.8 Å². The van der Waals surface area contributed by atoms with Crippen LogP contribution in [0.15, 0.2) is 12.1 Å². The molecule has 0 fully saturated rings. The van der Waals surface area contributed by atoms with Gasteiger partial charge in [0.05, 0.1) is 18.7 Å². The quantitative estimate of drug-likeness (QED) is 0.661. The van der Waals surface area contributed by atoms with E-state index in [0.29, 0.717) is 25.4 Å². The van der Waals surface area contributed by atoms with E-state index in [9.17, 15) is 19.2 Å². The average Bonchev–Trinajstić information content (AvgIpc) is 2.60. The average molecular weight is 352 g/mol. The van der Waals surface area contributed by atoms with Crippen LogP contribution in [0.1, 0.15) is 33.6 Å². The smallest absolute Gasteiger partial charge is 0.237 e. The number of benzene rings is 1. The summed E-state index contributed by atoms with van der Waals surface area (Å²) >= 11 is 0. The van der Waals surface area contributed by atoms with Crippen molar-refractivity contribution in [1.29, 1.82) is 0 Å². The van der Waals surface area contributed by atoms with Gasteiger partial charge in [-0.2, -0.15) is 0 Å². The predicted molar refractivity (Wildman–Crippen MR) is 92.3 cm³/mol. The fourth-order valence-electron chi connectivity index (χ4n) is 2.04. The summed E-state index contributed by atoms with van der Waals surface area (Å²) in [5.74, 6) is 0.0449. The lowest BCUT2D eigenvalue weighted by Crippen LogP contribution is -2.42. The van der Waals surface area contributed by atoms with E-state index in [1.165, 1.54) is 19.2 Å². The van der Waals surface area contributed by atoms with E-state index in [1.807, 2.05) is 19.0 Å². The Morgan fingerprint density at radius 3 is 2.32 bits per heavy atom. The molecule has 0 aliphatic rings. The summed E-state index contributed by atoms with van der Waals surface area (Å²) < 4.78 is 4.81. The first-order valence-electron chi connectivity index (χ1n) is 7.49. The van der Waals surface area contributed by atoms with Crippen LogP contribution in [-0.4, -0.2) is 69.1 Å². The minimum absolute atomic E-state index is 0.0400. The van der Waals surface area contributed by atoms with Gasteiger partial charge in [0.2, 0.25) is 5.91 Å². The summed E-state index contributed by atoms with van der Waals surface area (Å²) in [7, 11) is 6.60. The van der Waals surface area contributed by atoms with Gasteiger partial charge in [-0.1, -0.05) is 0 Å². The Labute approximate surface area is 146 Å². The number of aromatic hydroxyl groups is 1. The molecule has 1 atom stereocenters. The SMILES string of the molecule is CNC(=O)C(CCC=O)N(C)C.COc1cc(O)cc(C=O)c1C=O. The van der Waals surface area contributed by atoms with Crippen LogP contribution in [0.3, 0.4) is 0 Å². The van der Waals surface area contributed by atoms with Crippen LogP contribution < -0.4 is 10.1 Å². The van der Waals surface area contributed by atoms with Crippen molar-refractivity contribution in [2.75, 3.05) is 28.3 Å². The van der Waals surface area contributed by atoms with Gasteiger partial charge in [-0.25, -0.2) is 0 Å². The van der Waals surface area contributed by atoms with Crippen molar-refractivity contribution in [3.8, 4) is 11.5 Å². The van der Waals surface area contributed by atoms with E-state index in [2.05, 4.69) is 5.32 Å². The topological polar surface area (TPSA) is 113 Å². The van der Waals surface area contributed by atoms with Crippen LogP contribution in [0.5, 0.6) is 11.5 Å². The zero-order valence-electron chi connectivity index (χ0n) is 14.8. The first kappa shape index (κ1) is 22.3. The molecule has 0 radical (unpaired) electrons. The van der Waals surface area contributed by atoms with Crippen molar-refractivity contribution >= 4 is 24.8 Å². The lowest BCUT2D eigenvalue weighted by molar-refractivity contribution is -0.125. The number of hydrogen-bond donors (Lipinski definition) is 2. The molecule has 0 aromatic heterocycles. The van der Waals surface area contributed by atoms with Gasteiger partial charge < -0.3 is 20.0 Å². The molecular weight excluding hydrogens is 328 g/mol. The molecule has 1 amide bonds. The number of nitrogens with one attached hydrogen (secondary N) is 1. The lowest BCUT2D eigenvalue weighted by atomic mass is 10.1. The molecular formula is C17H24N2O6. The van der Waals surface area contributed by atoms with Crippen LogP contribution in [0.25, 0.3) is 0 Å². The van der Waals surface area contributed by atoms with Crippen LogP contribution in [0.4, 0.5) is 0 Å². The van der Waals surface area contributed by atoms with Crippen molar-refractivity contribution in [2.24, 2.45) is 0 Å². The lowest BCUT2D eigenvalue weighted by Gasteiger charge is -2.21. The van der Waals surface area contributed by atoms with E-state index >= 15 is 0 Å². The molecule has 0 heterocycles. The molecule has 0 aliphatic carbocycles. The highest BCUT2D eigenvalue weighted by Crippen LogP contribution is 2.25. The number of rotatable bonds is 8. The first-order valence-corrected chi connectivity index (χ1v) is 7.49.